The first-order chi connectivity index (χ1) is 9.56. The highest BCUT2D eigenvalue weighted by atomic mass is 15.1. The topological polar surface area (TPSA) is 15.3 Å². The van der Waals surface area contributed by atoms with Crippen molar-refractivity contribution in [2.45, 2.75) is 72.3 Å². The number of nitrogens with zero attached hydrogens (tertiary/aromatic N) is 1. The molecule has 0 spiro atoms. The van der Waals surface area contributed by atoms with Gasteiger partial charge in [-0.3, -0.25) is 0 Å². The molecule has 3 atom stereocenters. The minimum Gasteiger partial charge on any atom is -0.314 e. The van der Waals surface area contributed by atoms with Crippen LogP contribution in [-0.4, -0.2) is 37.6 Å². The van der Waals surface area contributed by atoms with Gasteiger partial charge < -0.3 is 10.2 Å². The fraction of sp³-hybridized carbons (Fsp3) is 1.00. The Balaban J connectivity index is 2.46. The van der Waals surface area contributed by atoms with Crippen molar-refractivity contribution in [2.75, 3.05) is 26.7 Å². The highest BCUT2D eigenvalue weighted by molar-refractivity contribution is 4.86. The fourth-order valence-corrected chi connectivity index (χ4v) is 3.73. The van der Waals surface area contributed by atoms with Gasteiger partial charge in [-0.15, -0.1) is 0 Å². The first-order valence-corrected chi connectivity index (χ1v) is 8.98. The van der Waals surface area contributed by atoms with Crippen LogP contribution in [0, 0.1) is 17.8 Å². The summed E-state index contributed by atoms with van der Waals surface area (Å²) in [6.07, 6.45) is 8.39. The van der Waals surface area contributed by atoms with E-state index in [1.807, 2.05) is 0 Å². The number of nitrogens with one attached hydrogen (secondary N) is 1. The second-order valence-corrected chi connectivity index (χ2v) is 7.34. The van der Waals surface area contributed by atoms with E-state index < -0.39 is 0 Å². The van der Waals surface area contributed by atoms with Gasteiger partial charge in [0.05, 0.1) is 0 Å². The van der Waals surface area contributed by atoms with Gasteiger partial charge in [-0.2, -0.15) is 0 Å². The molecule has 0 amide bonds. The molecule has 0 aromatic heterocycles. The third-order valence-electron chi connectivity index (χ3n) is 4.89. The Bertz CT molecular complexity index is 240. The number of hydrogen-bond acceptors (Lipinski definition) is 2. The molecular weight excluding hydrogens is 244 g/mol. The largest absolute Gasteiger partial charge is 0.314 e. The summed E-state index contributed by atoms with van der Waals surface area (Å²) in [4.78, 5) is 2.57. The Kier molecular flexibility index (Phi) is 8.79. The smallest absolute Gasteiger partial charge is 0.0108 e. The van der Waals surface area contributed by atoms with E-state index in [9.17, 15) is 0 Å². The van der Waals surface area contributed by atoms with Crippen molar-refractivity contribution in [2.24, 2.45) is 17.8 Å². The van der Waals surface area contributed by atoms with Crippen LogP contribution in [0.3, 0.4) is 0 Å². The molecule has 0 saturated heterocycles. The molecule has 0 aromatic carbocycles. The molecule has 1 N–H and O–H groups in total. The quantitative estimate of drug-likeness (QED) is 0.683. The van der Waals surface area contributed by atoms with Crippen molar-refractivity contribution in [1.82, 2.24) is 10.2 Å². The zero-order valence-corrected chi connectivity index (χ0v) is 14.6. The summed E-state index contributed by atoms with van der Waals surface area (Å²) in [5.41, 5.74) is 0. The van der Waals surface area contributed by atoms with Gasteiger partial charge in [-0.1, -0.05) is 40.5 Å². The molecule has 2 nitrogen and oxygen atoms in total. The zero-order valence-electron chi connectivity index (χ0n) is 14.6. The maximum atomic E-state index is 3.74. The van der Waals surface area contributed by atoms with E-state index in [0.717, 1.165) is 30.3 Å². The summed E-state index contributed by atoms with van der Waals surface area (Å²) in [6.45, 7) is 12.9. The molecule has 120 valence electrons. The third-order valence-corrected chi connectivity index (χ3v) is 4.89. The van der Waals surface area contributed by atoms with Crippen molar-refractivity contribution < 1.29 is 0 Å². The van der Waals surface area contributed by atoms with E-state index >= 15 is 0 Å². The maximum absolute atomic E-state index is 3.74. The zero-order chi connectivity index (χ0) is 15.0. The van der Waals surface area contributed by atoms with Crippen molar-refractivity contribution in [3.05, 3.63) is 0 Å². The Morgan fingerprint density at radius 3 is 2.55 bits per heavy atom. The minimum atomic E-state index is 0.759. The molecule has 0 heterocycles. The molecule has 1 rings (SSSR count). The molecule has 1 fully saturated rings. The second-order valence-electron chi connectivity index (χ2n) is 7.34. The molecule has 3 unspecified atom stereocenters. The van der Waals surface area contributed by atoms with Crippen LogP contribution < -0.4 is 5.32 Å². The summed E-state index contributed by atoms with van der Waals surface area (Å²) >= 11 is 0. The lowest BCUT2D eigenvalue weighted by Gasteiger charge is -2.38. The van der Waals surface area contributed by atoms with Crippen LogP contribution in [-0.2, 0) is 0 Å². The van der Waals surface area contributed by atoms with Gasteiger partial charge >= 0.3 is 0 Å². The number of hydrogen-bond donors (Lipinski definition) is 1. The highest BCUT2D eigenvalue weighted by Gasteiger charge is 2.30. The lowest BCUT2D eigenvalue weighted by molar-refractivity contribution is 0.147. The van der Waals surface area contributed by atoms with Crippen LogP contribution in [0.5, 0.6) is 0 Å². The van der Waals surface area contributed by atoms with Crippen molar-refractivity contribution in [3.8, 4) is 0 Å². The summed E-state index contributed by atoms with van der Waals surface area (Å²) in [6, 6.07) is 0.759. The molecule has 20 heavy (non-hydrogen) atoms. The Hall–Kier alpha value is -0.0800. The van der Waals surface area contributed by atoms with E-state index in [2.05, 4.69) is 45.0 Å². The summed E-state index contributed by atoms with van der Waals surface area (Å²) < 4.78 is 0. The molecule has 1 aliphatic carbocycles. The fourth-order valence-electron chi connectivity index (χ4n) is 3.73. The molecule has 0 aromatic rings. The Morgan fingerprint density at radius 1 is 1.20 bits per heavy atom. The molecular formula is C18H38N2. The average molecular weight is 283 g/mol. The third kappa shape index (κ3) is 6.58. The lowest BCUT2D eigenvalue weighted by Crippen LogP contribution is -2.45. The van der Waals surface area contributed by atoms with E-state index in [1.165, 1.54) is 51.6 Å². The van der Waals surface area contributed by atoms with Gasteiger partial charge in [0.25, 0.3) is 0 Å². The van der Waals surface area contributed by atoms with E-state index in [4.69, 9.17) is 0 Å². The Labute approximate surface area is 127 Å². The first-order valence-electron chi connectivity index (χ1n) is 8.98. The molecule has 2 heteroatoms. The van der Waals surface area contributed by atoms with Crippen molar-refractivity contribution in [3.63, 3.8) is 0 Å². The molecule has 0 radical (unpaired) electrons. The summed E-state index contributed by atoms with van der Waals surface area (Å²) in [7, 11) is 2.31. The van der Waals surface area contributed by atoms with Crippen LogP contribution in [0.2, 0.25) is 0 Å². The monoisotopic (exact) mass is 282 g/mol. The minimum absolute atomic E-state index is 0.759. The second kappa shape index (κ2) is 9.78. The molecule has 0 aliphatic heterocycles. The van der Waals surface area contributed by atoms with Crippen LogP contribution in [0.1, 0.15) is 66.2 Å². The van der Waals surface area contributed by atoms with Crippen molar-refractivity contribution >= 4 is 0 Å². The van der Waals surface area contributed by atoms with Crippen LogP contribution in [0.4, 0.5) is 0 Å². The van der Waals surface area contributed by atoms with Crippen molar-refractivity contribution in [1.29, 1.82) is 0 Å². The highest BCUT2D eigenvalue weighted by Crippen LogP contribution is 2.32. The van der Waals surface area contributed by atoms with Gasteiger partial charge in [0.2, 0.25) is 0 Å². The van der Waals surface area contributed by atoms with E-state index in [0.29, 0.717) is 0 Å². The lowest BCUT2D eigenvalue weighted by atomic mass is 9.76. The normalized spacial score (nSPS) is 27.4. The average Bonchev–Trinajstić information content (AvgIpc) is 2.40. The van der Waals surface area contributed by atoms with Gasteiger partial charge in [-0.25, -0.2) is 0 Å². The first kappa shape index (κ1) is 18.0. The van der Waals surface area contributed by atoms with Gasteiger partial charge in [0, 0.05) is 12.6 Å². The maximum Gasteiger partial charge on any atom is 0.0108 e. The van der Waals surface area contributed by atoms with Gasteiger partial charge in [0.15, 0.2) is 0 Å². The standard InChI is InChI=1S/C18H38N2/c1-6-8-16-9-10-18(19-7-2)17(13-16)14-20(5)12-11-15(3)4/h15-19H,6-14H2,1-5H3. The predicted molar refractivity (Wildman–Crippen MR) is 90.2 cm³/mol. The van der Waals surface area contributed by atoms with Gasteiger partial charge in [0.1, 0.15) is 0 Å². The number of rotatable bonds is 9. The van der Waals surface area contributed by atoms with Crippen LogP contribution in [0.25, 0.3) is 0 Å². The van der Waals surface area contributed by atoms with E-state index in [1.54, 1.807) is 0 Å². The van der Waals surface area contributed by atoms with E-state index in [-0.39, 0.29) is 0 Å². The Morgan fingerprint density at radius 2 is 1.95 bits per heavy atom. The molecule has 1 aliphatic rings. The van der Waals surface area contributed by atoms with Crippen LogP contribution >= 0.6 is 0 Å². The van der Waals surface area contributed by atoms with Crippen LogP contribution in [0.15, 0.2) is 0 Å². The summed E-state index contributed by atoms with van der Waals surface area (Å²) in [5.74, 6) is 2.66. The predicted octanol–water partition coefficient (Wildman–Crippen LogP) is 4.16. The SMILES string of the molecule is CCCC1CCC(NCC)C(CN(C)CCC(C)C)C1. The summed E-state index contributed by atoms with van der Waals surface area (Å²) in [5, 5.41) is 3.74. The molecule has 1 saturated carbocycles. The van der Waals surface area contributed by atoms with Gasteiger partial charge in [-0.05, 0) is 63.6 Å². The molecule has 0 bridgehead atoms.